The number of amides is 1. The van der Waals surface area contributed by atoms with Gasteiger partial charge in [0.2, 0.25) is 10.0 Å². The Kier molecular flexibility index (Phi) is 5.87. The first-order valence-corrected chi connectivity index (χ1v) is 9.22. The summed E-state index contributed by atoms with van der Waals surface area (Å²) in [6, 6.07) is 12.4. The summed E-state index contributed by atoms with van der Waals surface area (Å²) >= 11 is 0. The number of nitrogens with one attached hydrogen (secondary N) is 1. The summed E-state index contributed by atoms with van der Waals surface area (Å²) in [6.45, 7) is 1.43. The molecule has 0 spiro atoms. The van der Waals surface area contributed by atoms with Crippen molar-refractivity contribution >= 4 is 27.8 Å². The van der Waals surface area contributed by atoms with Gasteiger partial charge in [0, 0.05) is 0 Å². The van der Waals surface area contributed by atoms with Crippen molar-refractivity contribution in [1.82, 2.24) is 5.43 Å². The lowest BCUT2D eigenvalue weighted by Gasteiger charge is -2.21. The molecule has 0 unspecified atom stereocenters. The van der Waals surface area contributed by atoms with Gasteiger partial charge in [-0.2, -0.15) is 5.10 Å². The number of carbonyl (C=O) groups excluding carboxylic acids is 1. The molecule has 0 atom stereocenters. The third-order valence-corrected chi connectivity index (χ3v) is 4.39. The molecule has 0 heterocycles. The highest BCUT2D eigenvalue weighted by Gasteiger charge is 2.20. The van der Waals surface area contributed by atoms with Gasteiger partial charge in [0.25, 0.3) is 5.91 Å². The first-order chi connectivity index (χ1) is 11.8. The van der Waals surface area contributed by atoms with Gasteiger partial charge in [0.15, 0.2) is 0 Å². The SMILES string of the molecule is Cc1cccc(N(CC(=O)N/N=C/c2ccc(F)cc2)S(C)(=O)=O)c1. The molecule has 0 aliphatic rings. The van der Waals surface area contributed by atoms with E-state index in [2.05, 4.69) is 10.5 Å². The fourth-order valence-corrected chi connectivity index (χ4v) is 2.92. The molecule has 0 bridgehead atoms. The fraction of sp³-hybridized carbons (Fsp3) is 0.176. The normalized spacial score (nSPS) is 11.5. The highest BCUT2D eigenvalue weighted by atomic mass is 32.2. The Morgan fingerprint density at radius 2 is 1.92 bits per heavy atom. The van der Waals surface area contributed by atoms with Crippen molar-refractivity contribution in [2.45, 2.75) is 6.92 Å². The average Bonchev–Trinajstić information content (AvgIpc) is 2.53. The maximum Gasteiger partial charge on any atom is 0.260 e. The summed E-state index contributed by atoms with van der Waals surface area (Å²) < 4.78 is 37.8. The van der Waals surface area contributed by atoms with Gasteiger partial charge in [-0.3, -0.25) is 9.10 Å². The third-order valence-electron chi connectivity index (χ3n) is 3.25. The minimum Gasteiger partial charge on any atom is -0.271 e. The van der Waals surface area contributed by atoms with Crippen LogP contribution in [0.15, 0.2) is 53.6 Å². The van der Waals surface area contributed by atoms with Crippen LogP contribution in [0.5, 0.6) is 0 Å². The summed E-state index contributed by atoms with van der Waals surface area (Å²) in [5.41, 5.74) is 4.14. The fourth-order valence-electron chi connectivity index (χ4n) is 2.08. The number of hydrogen-bond acceptors (Lipinski definition) is 4. The summed E-state index contributed by atoms with van der Waals surface area (Å²) in [6.07, 6.45) is 2.37. The Labute approximate surface area is 146 Å². The number of rotatable bonds is 6. The monoisotopic (exact) mass is 363 g/mol. The van der Waals surface area contributed by atoms with Crippen molar-refractivity contribution in [1.29, 1.82) is 0 Å². The predicted octanol–water partition coefficient (Wildman–Crippen LogP) is 2.05. The summed E-state index contributed by atoms with van der Waals surface area (Å²) in [4.78, 5) is 12.0. The van der Waals surface area contributed by atoms with Crippen LogP contribution in [0.3, 0.4) is 0 Å². The summed E-state index contributed by atoms with van der Waals surface area (Å²) in [5, 5.41) is 3.75. The standard InChI is InChI=1S/C17H18FN3O3S/c1-13-4-3-5-16(10-13)21(25(2,23)24)12-17(22)20-19-11-14-6-8-15(18)9-7-14/h3-11H,12H2,1-2H3,(H,20,22)/b19-11+. The van der Waals surface area contributed by atoms with E-state index in [1.807, 2.05) is 13.0 Å². The van der Waals surface area contributed by atoms with Crippen LogP contribution in [-0.4, -0.2) is 33.3 Å². The lowest BCUT2D eigenvalue weighted by Crippen LogP contribution is -2.39. The zero-order chi connectivity index (χ0) is 18.4. The molecule has 2 aromatic carbocycles. The Morgan fingerprint density at radius 1 is 1.24 bits per heavy atom. The van der Waals surface area contributed by atoms with Crippen LogP contribution < -0.4 is 9.73 Å². The molecule has 25 heavy (non-hydrogen) atoms. The van der Waals surface area contributed by atoms with E-state index in [4.69, 9.17) is 0 Å². The topological polar surface area (TPSA) is 78.8 Å². The van der Waals surface area contributed by atoms with E-state index in [-0.39, 0.29) is 5.82 Å². The van der Waals surface area contributed by atoms with Crippen LogP contribution in [0.2, 0.25) is 0 Å². The number of hydrazone groups is 1. The van der Waals surface area contributed by atoms with Gasteiger partial charge in [-0.05, 0) is 42.3 Å². The van der Waals surface area contributed by atoms with E-state index in [0.29, 0.717) is 11.3 Å². The molecule has 8 heteroatoms. The number of nitrogens with zero attached hydrogens (tertiary/aromatic N) is 2. The van der Waals surface area contributed by atoms with Gasteiger partial charge in [0.05, 0.1) is 18.2 Å². The molecule has 0 fully saturated rings. The number of sulfonamides is 1. The average molecular weight is 363 g/mol. The van der Waals surface area contributed by atoms with E-state index in [1.54, 1.807) is 18.2 Å². The molecule has 0 saturated heterocycles. The summed E-state index contributed by atoms with van der Waals surface area (Å²) in [5.74, 6) is -0.964. The quantitative estimate of drug-likeness (QED) is 0.630. The molecule has 2 aromatic rings. The molecule has 132 valence electrons. The molecule has 0 aliphatic heterocycles. The maximum absolute atomic E-state index is 12.8. The van der Waals surface area contributed by atoms with Crippen LogP contribution in [0.4, 0.5) is 10.1 Å². The molecule has 0 aliphatic carbocycles. The molecule has 6 nitrogen and oxygen atoms in total. The first-order valence-electron chi connectivity index (χ1n) is 7.37. The number of benzene rings is 2. The van der Waals surface area contributed by atoms with Crippen LogP contribution in [0.25, 0.3) is 0 Å². The largest absolute Gasteiger partial charge is 0.271 e. The molecular weight excluding hydrogens is 345 g/mol. The van der Waals surface area contributed by atoms with E-state index < -0.39 is 22.5 Å². The minimum atomic E-state index is -3.63. The van der Waals surface area contributed by atoms with Crippen LogP contribution in [0.1, 0.15) is 11.1 Å². The Hall–Kier alpha value is -2.74. The molecule has 0 radical (unpaired) electrons. The molecule has 0 aromatic heterocycles. The van der Waals surface area contributed by atoms with E-state index in [0.717, 1.165) is 16.1 Å². The van der Waals surface area contributed by atoms with Gasteiger partial charge < -0.3 is 0 Å². The molecule has 1 amide bonds. The number of hydrogen-bond donors (Lipinski definition) is 1. The van der Waals surface area contributed by atoms with E-state index in [1.165, 1.54) is 30.5 Å². The molecule has 2 rings (SSSR count). The lowest BCUT2D eigenvalue weighted by molar-refractivity contribution is -0.119. The Balaban J connectivity index is 2.06. The van der Waals surface area contributed by atoms with Crippen LogP contribution in [-0.2, 0) is 14.8 Å². The van der Waals surface area contributed by atoms with Gasteiger partial charge in [-0.1, -0.05) is 24.3 Å². The van der Waals surface area contributed by atoms with Gasteiger partial charge in [0.1, 0.15) is 12.4 Å². The lowest BCUT2D eigenvalue weighted by atomic mass is 10.2. The van der Waals surface area contributed by atoms with Crippen molar-refractivity contribution in [3.05, 3.63) is 65.5 Å². The highest BCUT2D eigenvalue weighted by Crippen LogP contribution is 2.18. The molecule has 1 N–H and O–H groups in total. The number of aryl methyl sites for hydroxylation is 1. The molecule has 0 saturated carbocycles. The minimum absolute atomic E-state index is 0.372. The smallest absolute Gasteiger partial charge is 0.260 e. The number of halogens is 1. The maximum atomic E-state index is 12.8. The Bertz CT molecular complexity index is 880. The second-order valence-electron chi connectivity index (χ2n) is 5.45. The number of anilines is 1. The molecular formula is C17H18FN3O3S. The van der Waals surface area contributed by atoms with E-state index in [9.17, 15) is 17.6 Å². The highest BCUT2D eigenvalue weighted by molar-refractivity contribution is 7.92. The zero-order valence-corrected chi connectivity index (χ0v) is 14.6. The predicted molar refractivity (Wildman–Crippen MR) is 95.5 cm³/mol. The van der Waals surface area contributed by atoms with Crippen molar-refractivity contribution in [3.63, 3.8) is 0 Å². The van der Waals surface area contributed by atoms with E-state index >= 15 is 0 Å². The van der Waals surface area contributed by atoms with Crippen molar-refractivity contribution in [2.75, 3.05) is 17.1 Å². The van der Waals surface area contributed by atoms with Crippen molar-refractivity contribution in [2.24, 2.45) is 5.10 Å². The second kappa shape index (κ2) is 7.89. The summed E-state index contributed by atoms with van der Waals surface area (Å²) in [7, 11) is -3.63. The van der Waals surface area contributed by atoms with Gasteiger partial charge in [-0.25, -0.2) is 18.2 Å². The van der Waals surface area contributed by atoms with Crippen LogP contribution in [0, 0.1) is 12.7 Å². The zero-order valence-electron chi connectivity index (χ0n) is 13.8. The van der Waals surface area contributed by atoms with Gasteiger partial charge in [-0.15, -0.1) is 0 Å². The van der Waals surface area contributed by atoms with Crippen molar-refractivity contribution in [3.8, 4) is 0 Å². The van der Waals surface area contributed by atoms with Crippen molar-refractivity contribution < 1.29 is 17.6 Å². The first kappa shape index (κ1) is 18.6. The Morgan fingerprint density at radius 3 is 2.52 bits per heavy atom. The third kappa shape index (κ3) is 5.68. The van der Waals surface area contributed by atoms with Gasteiger partial charge >= 0.3 is 0 Å². The number of carbonyl (C=O) groups is 1. The second-order valence-corrected chi connectivity index (χ2v) is 7.36. The van der Waals surface area contributed by atoms with Crippen LogP contribution >= 0.6 is 0 Å².